The predicted octanol–water partition coefficient (Wildman–Crippen LogP) is 2.34. The lowest BCUT2D eigenvalue weighted by molar-refractivity contribution is -0.148. The van der Waals surface area contributed by atoms with Crippen molar-refractivity contribution in [3.63, 3.8) is 0 Å². The third kappa shape index (κ3) is 3.75. The average Bonchev–Trinajstić information content (AvgIpc) is 2.84. The number of carboxylic acid groups (broad SMARTS) is 1. The van der Waals surface area contributed by atoms with Gasteiger partial charge in [0.1, 0.15) is 5.60 Å². The fourth-order valence-corrected chi connectivity index (χ4v) is 2.64. The minimum Gasteiger partial charge on any atom is -0.481 e. The van der Waals surface area contributed by atoms with Gasteiger partial charge in [-0.2, -0.15) is 0 Å². The molecular weight excluding hydrogens is 284 g/mol. The molecule has 1 aliphatic rings. The summed E-state index contributed by atoms with van der Waals surface area (Å²) in [6.45, 7) is 5.94. The smallest absolute Gasteiger partial charge is 0.410 e. The highest BCUT2D eigenvalue weighted by Gasteiger charge is 2.47. The lowest BCUT2D eigenvalue weighted by Gasteiger charge is -2.27. The number of ether oxygens (including phenoxy) is 1. The lowest BCUT2D eigenvalue weighted by atomic mass is 9.81. The first-order valence-corrected chi connectivity index (χ1v) is 7.32. The summed E-state index contributed by atoms with van der Waals surface area (Å²) in [7, 11) is 0. The standard InChI is InChI=1S/C16H22N2O4/c1-15(2,3)22-14(21)18-9-6-16(11-18,13(19)20)10-12-4-7-17-8-5-12/h4-5,7-8H,6,9-11H2,1-3H3,(H,19,20). The molecule has 1 aromatic heterocycles. The zero-order valence-electron chi connectivity index (χ0n) is 13.2. The molecule has 2 heterocycles. The minimum absolute atomic E-state index is 0.166. The Morgan fingerprint density at radius 3 is 2.55 bits per heavy atom. The van der Waals surface area contributed by atoms with Gasteiger partial charge in [0.05, 0.1) is 5.41 Å². The van der Waals surface area contributed by atoms with Gasteiger partial charge >= 0.3 is 12.1 Å². The lowest BCUT2D eigenvalue weighted by Crippen LogP contribution is -2.40. The molecule has 6 nitrogen and oxygen atoms in total. The number of hydrogen-bond donors (Lipinski definition) is 1. The van der Waals surface area contributed by atoms with Crippen molar-refractivity contribution in [3.8, 4) is 0 Å². The van der Waals surface area contributed by atoms with Gasteiger partial charge in [-0.05, 0) is 51.3 Å². The molecule has 0 aliphatic carbocycles. The van der Waals surface area contributed by atoms with Crippen LogP contribution in [-0.4, -0.2) is 45.7 Å². The van der Waals surface area contributed by atoms with Crippen LogP contribution < -0.4 is 0 Å². The number of hydrogen-bond acceptors (Lipinski definition) is 4. The van der Waals surface area contributed by atoms with E-state index in [4.69, 9.17) is 4.74 Å². The molecule has 120 valence electrons. The van der Waals surface area contributed by atoms with E-state index in [1.807, 2.05) is 0 Å². The molecule has 0 bridgehead atoms. The molecule has 1 aliphatic heterocycles. The first kappa shape index (κ1) is 16.3. The van der Waals surface area contributed by atoms with Crippen molar-refractivity contribution in [1.82, 2.24) is 9.88 Å². The first-order chi connectivity index (χ1) is 10.2. The zero-order chi connectivity index (χ0) is 16.4. The van der Waals surface area contributed by atoms with Crippen LogP contribution in [0.3, 0.4) is 0 Å². The third-order valence-corrected chi connectivity index (χ3v) is 3.75. The summed E-state index contributed by atoms with van der Waals surface area (Å²) in [6, 6.07) is 3.61. The number of aromatic nitrogens is 1. The molecule has 2 rings (SSSR count). The van der Waals surface area contributed by atoms with E-state index >= 15 is 0 Å². The normalized spacial score (nSPS) is 21.7. The van der Waals surface area contributed by atoms with E-state index in [2.05, 4.69) is 4.98 Å². The van der Waals surface area contributed by atoms with Gasteiger partial charge in [0.25, 0.3) is 0 Å². The molecule has 0 spiro atoms. The van der Waals surface area contributed by atoms with Crippen LogP contribution in [0.5, 0.6) is 0 Å². The molecule has 1 amide bonds. The molecule has 1 unspecified atom stereocenters. The molecule has 1 fully saturated rings. The largest absolute Gasteiger partial charge is 0.481 e. The Morgan fingerprint density at radius 2 is 2.00 bits per heavy atom. The Bertz CT molecular complexity index is 553. The molecule has 22 heavy (non-hydrogen) atoms. The van der Waals surface area contributed by atoms with Gasteiger partial charge in [0.15, 0.2) is 0 Å². The molecule has 6 heteroatoms. The van der Waals surface area contributed by atoms with Crippen LogP contribution in [0.15, 0.2) is 24.5 Å². The Morgan fingerprint density at radius 1 is 1.36 bits per heavy atom. The van der Waals surface area contributed by atoms with E-state index in [1.54, 1.807) is 45.3 Å². The maximum Gasteiger partial charge on any atom is 0.410 e. The van der Waals surface area contributed by atoms with Crippen LogP contribution in [0.4, 0.5) is 4.79 Å². The Labute approximate surface area is 130 Å². The van der Waals surface area contributed by atoms with Crippen LogP contribution >= 0.6 is 0 Å². The van der Waals surface area contributed by atoms with Crippen molar-refractivity contribution >= 4 is 12.1 Å². The van der Waals surface area contributed by atoms with E-state index in [0.29, 0.717) is 19.4 Å². The Balaban J connectivity index is 2.11. The van der Waals surface area contributed by atoms with Gasteiger partial charge in [0, 0.05) is 25.5 Å². The third-order valence-electron chi connectivity index (χ3n) is 3.75. The van der Waals surface area contributed by atoms with E-state index in [-0.39, 0.29) is 6.54 Å². The van der Waals surface area contributed by atoms with E-state index in [1.165, 1.54) is 4.90 Å². The fraction of sp³-hybridized carbons (Fsp3) is 0.562. The van der Waals surface area contributed by atoms with Crippen LogP contribution in [0.2, 0.25) is 0 Å². The molecule has 1 N–H and O–H groups in total. The highest BCUT2D eigenvalue weighted by molar-refractivity contribution is 5.78. The summed E-state index contributed by atoms with van der Waals surface area (Å²) in [6.07, 6.45) is 3.63. The number of likely N-dealkylation sites (tertiary alicyclic amines) is 1. The number of amides is 1. The van der Waals surface area contributed by atoms with E-state index in [0.717, 1.165) is 5.56 Å². The fourth-order valence-electron chi connectivity index (χ4n) is 2.64. The van der Waals surface area contributed by atoms with Crippen LogP contribution in [-0.2, 0) is 16.0 Å². The predicted molar refractivity (Wildman–Crippen MR) is 80.4 cm³/mol. The average molecular weight is 306 g/mol. The van der Waals surface area contributed by atoms with Crippen molar-refractivity contribution in [3.05, 3.63) is 30.1 Å². The monoisotopic (exact) mass is 306 g/mol. The number of aliphatic carboxylic acids is 1. The number of carboxylic acids is 1. The van der Waals surface area contributed by atoms with E-state index < -0.39 is 23.1 Å². The second kappa shape index (κ2) is 5.94. The molecule has 1 saturated heterocycles. The van der Waals surface area contributed by atoms with E-state index in [9.17, 15) is 14.7 Å². The van der Waals surface area contributed by atoms with Crippen molar-refractivity contribution in [1.29, 1.82) is 0 Å². The van der Waals surface area contributed by atoms with Gasteiger partial charge in [-0.25, -0.2) is 4.79 Å². The highest BCUT2D eigenvalue weighted by atomic mass is 16.6. The highest BCUT2D eigenvalue weighted by Crippen LogP contribution is 2.35. The summed E-state index contributed by atoms with van der Waals surface area (Å²) in [5, 5.41) is 9.66. The number of nitrogens with zero attached hydrogens (tertiary/aromatic N) is 2. The quantitative estimate of drug-likeness (QED) is 0.927. The molecule has 0 radical (unpaired) electrons. The summed E-state index contributed by atoms with van der Waals surface area (Å²) in [5.74, 6) is -0.879. The molecular formula is C16H22N2O4. The summed E-state index contributed by atoms with van der Waals surface area (Å²) in [5.41, 5.74) is -0.641. The van der Waals surface area contributed by atoms with Gasteiger partial charge < -0.3 is 14.7 Å². The zero-order valence-corrected chi connectivity index (χ0v) is 13.2. The summed E-state index contributed by atoms with van der Waals surface area (Å²) < 4.78 is 5.33. The molecule has 0 aromatic carbocycles. The number of carbonyl (C=O) groups excluding carboxylic acids is 1. The van der Waals surface area contributed by atoms with Crippen molar-refractivity contribution in [2.45, 2.75) is 39.2 Å². The second-order valence-electron chi connectivity index (χ2n) is 6.77. The Hall–Kier alpha value is -2.11. The SMILES string of the molecule is CC(C)(C)OC(=O)N1CCC(Cc2ccncc2)(C(=O)O)C1. The second-order valence-corrected chi connectivity index (χ2v) is 6.77. The molecule has 0 saturated carbocycles. The number of pyridine rings is 1. The first-order valence-electron chi connectivity index (χ1n) is 7.32. The number of rotatable bonds is 3. The minimum atomic E-state index is -0.960. The van der Waals surface area contributed by atoms with Gasteiger partial charge in [-0.1, -0.05) is 0 Å². The van der Waals surface area contributed by atoms with Crippen LogP contribution in [0.25, 0.3) is 0 Å². The van der Waals surface area contributed by atoms with Crippen molar-refractivity contribution < 1.29 is 19.4 Å². The maximum absolute atomic E-state index is 12.1. The van der Waals surface area contributed by atoms with Crippen LogP contribution in [0.1, 0.15) is 32.8 Å². The van der Waals surface area contributed by atoms with Crippen LogP contribution in [0, 0.1) is 5.41 Å². The summed E-state index contributed by atoms with van der Waals surface area (Å²) in [4.78, 5) is 29.3. The van der Waals surface area contributed by atoms with Crippen molar-refractivity contribution in [2.75, 3.05) is 13.1 Å². The number of carbonyl (C=O) groups is 2. The summed E-state index contributed by atoms with van der Waals surface area (Å²) >= 11 is 0. The molecule has 1 atom stereocenters. The topological polar surface area (TPSA) is 79.7 Å². The van der Waals surface area contributed by atoms with Gasteiger partial charge in [-0.3, -0.25) is 9.78 Å². The molecule has 1 aromatic rings. The van der Waals surface area contributed by atoms with Gasteiger partial charge in [0.2, 0.25) is 0 Å². The van der Waals surface area contributed by atoms with Crippen molar-refractivity contribution in [2.24, 2.45) is 5.41 Å². The van der Waals surface area contributed by atoms with Gasteiger partial charge in [-0.15, -0.1) is 0 Å². The maximum atomic E-state index is 12.1. The Kier molecular flexibility index (Phi) is 4.39.